The van der Waals surface area contributed by atoms with Gasteiger partial charge in [0.05, 0.1) is 6.54 Å². The molecular weight excluding hydrogens is 314 g/mol. The number of piperidine rings is 1. The standard InChI is InChI=1S/C19H25N5O/c25-19(23-9-2-1-3-10-23)16-6-4-5-15(11-16)12-20-17-7-8-18-21-14-22-24(18)13-17/h4-6,11,14,17,20H,1-3,7-10,12-13H2/t17-/m1/s1. The SMILES string of the molecule is O=C(c1cccc(CN[C@@H]2CCc3ncnn3C2)c1)N1CCCCC1. The zero-order chi connectivity index (χ0) is 17.1. The summed E-state index contributed by atoms with van der Waals surface area (Å²) in [4.78, 5) is 18.9. The molecule has 0 saturated carbocycles. The number of fused-ring (bicyclic) bond motifs is 1. The minimum atomic E-state index is 0.173. The Morgan fingerprint density at radius 1 is 1.24 bits per heavy atom. The molecule has 0 aliphatic carbocycles. The Bertz CT molecular complexity index is 735. The molecule has 0 unspecified atom stereocenters. The summed E-state index contributed by atoms with van der Waals surface area (Å²) in [7, 11) is 0. The molecule has 1 N–H and O–H groups in total. The summed E-state index contributed by atoms with van der Waals surface area (Å²) in [6.07, 6.45) is 7.16. The molecule has 1 aromatic carbocycles. The van der Waals surface area contributed by atoms with Crippen LogP contribution < -0.4 is 5.32 Å². The Balaban J connectivity index is 1.36. The molecule has 2 aliphatic heterocycles. The number of rotatable bonds is 4. The first-order chi connectivity index (χ1) is 12.3. The average Bonchev–Trinajstić information content (AvgIpc) is 3.14. The Morgan fingerprint density at radius 3 is 3.00 bits per heavy atom. The molecule has 4 rings (SSSR count). The van der Waals surface area contributed by atoms with Gasteiger partial charge in [-0.25, -0.2) is 9.67 Å². The smallest absolute Gasteiger partial charge is 0.253 e. The van der Waals surface area contributed by atoms with Crippen LogP contribution in [0.1, 0.15) is 47.4 Å². The van der Waals surface area contributed by atoms with Crippen LogP contribution in [0.5, 0.6) is 0 Å². The van der Waals surface area contributed by atoms with Crippen LogP contribution in [0, 0.1) is 0 Å². The van der Waals surface area contributed by atoms with Crippen molar-refractivity contribution in [2.75, 3.05) is 13.1 Å². The summed E-state index contributed by atoms with van der Waals surface area (Å²) in [6.45, 7) is 3.42. The molecule has 2 aliphatic rings. The van der Waals surface area contributed by atoms with Crippen LogP contribution in [0.4, 0.5) is 0 Å². The van der Waals surface area contributed by atoms with Crippen LogP contribution >= 0.6 is 0 Å². The fraction of sp³-hybridized carbons (Fsp3) is 0.526. The molecule has 0 radical (unpaired) electrons. The van der Waals surface area contributed by atoms with Gasteiger partial charge in [0.1, 0.15) is 12.2 Å². The number of nitrogens with one attached hydrogen (secondary N) is 1. The quantitative estimate of drug-likeness (QED) is 0.925. The summed E-state index contributed by atoms with van der Waals surface area (Å²) < 4.78 is 1.98. The maximum Gasteiger partial charge on any atom is 0.253 e. The zero-order valence-electron chi connectivity index (χ0n) is 14.5. The number of hydrogen-bond acceptors (Lipinski definition) is 4. The topological polar surface area (TPSA) is 63.1 Å². The summed E-state index contributed by atoms with van der Waals surface area (Å²) in [5.74, 6) is 1.25. The first-order valence-electron chi connectivity index (χ1n) is 9.28. The van der Waals surface area contributed by atoms with E-state index in [1.807, 2.05) is 27.8 Å². The predicted octanol–water partition coefficient (Wildman–Crippen LogP) is 2.01. The number of benzene rings is 1. The molecule has 1 fully saturated rings. The Kier molecular flexibility index (Phi) is 4.78. The predicted molar refractivity (Wildman–Crippen MR) is 95.2 cm³/mol. The second-order valence-corrected chi connectivity index (χ2v) is 7.03. The second kappa shape index (κ2) is 7.35. The number of likely N-dealkylation sites (tertiary alicyclic amines) is 1. The van der Waals surface area contributed by atoms with Gasteiger partial charge in [0.15, 0.2) is 0 Å². The van der Waals surface area contributed by atoms with Crippen molar-refractivity contribution in [3.8, 4) is 0 Å². The highest BCUT2D eigenvalue weighted by molar-refractivity contribution is 5.94. The number of nitrogens with zero attached hydrogens (tertiary/aromatic N) is 4. The van der Waals surface area contributed by atoms with Gasteiger partial charge < -0.3 is 10.2 Å². The van der Waals surface area contributed by atoms with Gasteiger partial charge >= 0.3 is 0 Å². The summed E-state index contributed by atoms with van der Waals surface area (Å²) in [6, 6.07) is 8.45. The van der Waals surface area contributed by atoms with Crippen LogP contribution in [0.25, 0.3) is 0 Å². The van der Waals surface area contributed by atoms with Crippen LogP contribution in [0.15, 0.2) is 30.6 Å². The molecule has 1 amide bonds. The highest BCUT2D eigenvalue weighted by Crippen LogP contribution is 2.15. The average molecular weight is 339 g/mol. The lowest BCUT2D eigenvalue weighted by molar-refractivity contribution is 0.0724. The molecule has 6 heteroatoms. The summed E-state index contributed by atoms with van der Waals surface area (Å²) in [5.41, 5.74) is 1.97. The highest BCUT2D eigenvalue weighted by Gasteiger charge is 2.20. The van der Waals surface area contributed by atoms with E-state index in [2.05, 4.69) is 21.5 Å². The van der Waals surface area contributed by atoms with Crippen molar-refractivity contribution in [1.82, 2.24) is 25.0 Å². The first-order valence-corrected chi connectivity index (χ1v) is 9.28. The van der Waals surface area contributed by atoms with E-state index >= 15 is 0 Å². The number of carbonyl (C=O) groups excluding carboxylic acids is 1. The van der Waals surface area contributed by atoms with Crippen molar-refractivity contribution in [2.24, 2.45) is 0 Å². The van der Waals surface area contributed by atoms with E-state index in [0.717, 1.165) is 68.8 Å². The van der Waals surface area contributed by atoms with Crippen molar-refractivity contribution in [3.05, 3.63) is 47.5 Å². The number of carbonyl (C=O) groups is 1. The van der Waals surface area contributed by atoms with Crippen molar-refractivity contribution in [2.45, 2.75) is 51.2 Å². The molecular formula is C19H25N5O. The lowest BCUT2D eigenvalue weighted by Gasteiger charge is -2.27. The minimum Gasteiger partial charge on any atom is -0.339 e. The van der Waals surface area contributed by atoms with E-state index < -0.39 is 0 Å². The molecule has 1 saturated heterocycles. The second-order valence-electron chi connectivity index (χ2n) is 7.03. The van der Waals surface area contributed by atoms with Crippen molar-refractivity contribution < 1.29 is 4.79 Å². The third-order valence-corrected chi connectivity index (χ3v) is 5.22. The molecule has 25 heavy (non-hydrogen) atoms. The number of hydrogen-bond donors (Lipinski definition) is 1. The van der Waals surface area contributed by atoms with E-state index in [1.54, 1.807) is 6.33 Å². The van der Waals surface area contributed by atoms with Gasteiger partial charge in [0, 0.05) is 37.7 Å². The molecule has 0 bridgehead atoms. The van der Waals surface area contributed by atoms with Gasteiger partial charge in [-0.1, -0.05) is 12.1 Å². The van der Waals surface area contributed by atoms with Gasteiger partial charge in [-0.05, 0) is 43.4 Å². The minimum absolute atomic E-state index is 0.173. The highest BCUT2D eigenvalue weighted by atomic mass is 16.2. The Labute approximate surface area is 148 Å². The third-order valence-electron chi connectivity index (χ3n) is 5.22. The van der Waals surface area contributed by atoms with Gasteiger partial charge in [-0.2, -0.15) is 5.10 Å². The van der Waals surface area contributed by atoms with Crippen LogP contribution in [0.3, 0.4) is 0 Å². The number of amides is 1. The molecule has 1 aromatic heterocycles. The van der Waals surface area contributed by atoms with Gasteiger partial charge in [-0.15, -0.1) is 0 Å². The Hall–Kier alpha value is -2.21. The molecule has 0 spiro atoms. The normalized spacial score (nSPS) is 20.3. The van der Waals surface area contributed by atoms with Crippen molar-refractivity contribution in [1.29, 1.82) is 0 Å². The third kappa shape index (κ3) is 3.74. The first kappa shape index (κ1) is 16.3. The van der Waals surface area contributed by atoms with E-state index in [9.17, 15) is 4.79 Å². The summed E-state index contributed by atoms with van der Waals surface area (Å²) >= 11 is 0. The summed E-state index contributed by atoms with van der Waals surface area (Å²) in [5, 5.41) is 7.87. The van der Waals surface area contributed by atoms with Gasteiger partial charge in [0.25, 0.3) is 5.91 Å². The fourth-order valence-corrected chi connectivity index (χ4v) is 3.76. The maximum atomic E-state index is 12.7. The largest absolute Gasteiger partial charge is 0.339 e. The monoisotopic (exact) mass is 339 g/mol. The molecule has 1 atom stereocenters. The lowest BCUT2D eigenvalue weighted by atomic mass is 10.1. The number of aromatic nitrogens is 3. The van der Waals surface area contributed by atoms with Crippen molar-refractivity contribution in [3.63, 3.8) is 0 Å². The van der Waals surface area contributed by atoms with Crippen LogP contribution in [0.2, 0.25) is 0 Å². The lowest BCUT2D eigenvalue weighted by Crippen LogP contribution is -2.37. The molecule has 132 valence electrons. The molecule has 3 heterocycles. The van der Waals surface area contributed by atoms with E-state index in [1.165, 1.54) is 6.42 Å². The van der Waals surface area contributed by atoms with Crippen molar-refractivity contribution >= 4 is 5.91 Å². The maximum absolute atomic E-state index is 12.7. The Morgan fingerprint density at radius 2 is 2.12 bits per heavy atom. The zero-order valence-corrected chi connectivity index (χ0v) is 14.5. The van der Waals surface area contributed by atoms with Gasteiger partial charge in [-0.3, -0.25) is 4.79 Å². The van der Waals surface area contributed by atoms with E-state index in [-0.39, 0.29) is 5.91 Å². The molecule has 2 aromatic rings. The fourth-order valence-electron chi connectivity index (χ4n) is 3.76. The van der Waals surface area contributed by atoms with E-state index in [4.69, 9.17) is 0 Å². The van der Waals surface area contributed by atoms with Crippen LogP contribution in [-0.4, -0.2) is 44.7 Å². The molecule has 6 nitrogen and oxygen atoms in total. The van der Waals surface area contributed by atoms with Gasteiger partial charge in [0.2, 0.25) is 0 Å². The van der Waals surface area contributed by atoms with Crippen LogP contribution in [-0.2, 0) is 19.5 Å². The number of aryl methyl sites for hydroxylation is 1. The van der Waals surface area contributed by atoms with E-state index in [0.29, 0.717) is 6.04 Å².